The van der Waals surface area contributed by atoms with Crippen molar-refractivity contribution in [3.05, 3.63) is 0 Å². The number of amides is 2. The Bertz CT molecular complexity index is 271. The maximum Gasteiger partial charge on any atom is 0.315 e. The van der Waals surface area contributed by atoms with Crippen molar-refractivity contribution in [2.24, 2.45) is 11.7 Å². The van der Waals surface area contributed by atoms with Crippen molar-refractivity contribution < 1.29 is 4.79 Å². The number of carbonyl (C=O) groups excluding carboxylic acids is 1. The molecule has 2 amide bonds. The summed E-state index contributed by atoms with van der Waals surface area (Å²) in [6.07, 6.45) is 5.47. The van der Waals surface area contributed by atoms with Gasteiger partial charge in [-0.25, -0.2) is 4.79 Å². The fourth-order valence-electron chi connectivity index (χ4n) is 1.80. The van der Waals surface area contributed by atoms with Crippen LogP contribution in [0, 0.1) is 11.3 Å². The summed E-state index contributed by atoms with van der Waals surface area (Å²) in [5.74, 6) is 0.455. The number of hydrogen-bond acceptors (Lipinski definition) is 2. The van der Waals surface area contributed by atoms with Crippen molar-refractivity contribution in [3.8, 4) is 0 Å². The van der Waals surface area contributed by atoms with Crippen molar-refractivity contribution in [2.45, 2.75) is 44.2 Å². The molecule has 2 aliphatic carbocycles. The second kappa shape index (κ2) is 4.08. The van der Waals surface area contributed by atoms with Crippen LogP contribution in [0.4, 0.5) is 4.79 Å². The Balaban J connectivity index is 1.77. The predicted octanol–water partition coefficient (Wildman–Crippen LogP) is 0.553. The van der Waals surface area contributed by atoms with Crippen molar-refractivity contribution in [3.63, 3.8) is 0 Å². The fraction of sp³-hybridized carbons (Fsp3) is 0.800. The molecule has 5 nitrogen and oxygen atoms in total. The van der Waals surface area contributed by atoms with Gasteiger partial charge in [-0.1, -0.05) is 0 Å². The van der Waals surface area contributed by atoms with E-state index >= 15 is 0 Å². The molecule has 2 aliphatic rings. The second-order valence-corrected chi connectivity index (χ2v) is 4.52. The number of urea groups is 1. The van der Waals surface area contributed by atoms with E-state index < -0.39 is 0 Å². The molecule has 2 fully saturated rings. The lowest BCUT2D eigenvalue weighted by molar-refractivity contribution is 0.226. The molecule has 2 rings (SSSR count). The van der Waals surface area contributed by atoms with Crippen LogP contribution in [0.3, 0.4) is 0 Å². The average Bonchev–Trinajstić information content (AvgIpc) is 2.90. The molecule has 5 N–H and O–H groups in total. The van der Waals surface area contributed by atoms with E-state index in [1.165, 1.54) is 6.42 Å². The molecule has 2 saturated carbocycles. The quantitative estimate of drug-likeness (QED) is 0.403. The van der Waals surface area contributed by atoms with E-state index in [1.54, 1.807) is 0 Å². The number of hydrogen-bond donors (Lipinski definition) is 4. The van der Waals surface area contributed by atoms with Crippen molar-refractivity contribution in [2.75, 3.05) is 0 Å². The van der Waals surface area contributed by atoms with E-state index in [2.05, 4.69) is 10.6 Å². The first-order valence-corrected chi connectivity index (χ1v) is 5.58. The van der Waals surface area contributed by atoms with Crippen LogP contribution in [-0.2, 0) is 0 Å². The SMILES string of the molecule is N=C(N)C(NC(=O)NC1CCC1)C1CC1. The topological polar surface area (TPSA) is 91.0 Å². The molecular weight excluding hydrogens is 192 g/mol. The van der Waals surface area contributed by atoms with Crippen LogP contribution in [-0.4, -0.2) is 24.0 Å². The maximum absolute atomic E-state index is 11.5. The summed E-state index contributed by atoms with van der Waals surface area (Å²) in [5.41, 5.74) is 5.44. The maximum atomic E-state index is 11.5. The molecule has 84 valence electrons. The van der Waals surface area contributed by atoms with Gasteiger partial charge in [0.1, 0.15) is 5.84 Å². The Morgan fingerprint density at radius 1 is 1.33 bits per heavy atom. The number of nitrogens with two attached hydrogens (primary N) is 1. The summed E-state index contributed by atoms with van der Waals surface area (Å²) in [4.78, 5) is 11.5. The first kappa shape index (κ1) is 10.3. The van der Waals surface area contributed by atoms with Gasteiger partial charge in [-0.15, -0.1) is 0 Å². The average molecular weight is 210 g/mol. The van der Waals surface area contributed by atoms with Gasteiger partial charge in [-0.2, -0.15) is 0 Å². The lowest BCUT2D eigenvalue weighted by Crippen LogP contribution is -2.52. The third-order valence-corrected chi connectivity index (χ3v) is 3.16. The highest BCUT2D eigenvalue weighted by Crippen LogP contribution is 2.32. The van der Waals surface area contributed by atoms with Crippen molar-refractivity contribution >= 4 is 11.9 Å². The Labute approximate surface area is 89.3 Å². The monoisotopic (exact) mass is 210 g/mol. The van der Waals surface area contributed by atoms with Gasteiger partial charge >= 0.3 is 6.03 Å². The van der Waals surface area contributed by atoms with Crippen LogP contribution >= 0.6 is 0 Å². The first-order valence-electron chi connectivity index (χ1n) is 5.58. The molecule has 5 heteroatoms. The Morgan fingerprint density at radius 2 is 2.00 bits per heavy atom. The smallest absolute Gasteiger partial charge is 0.315 e. The third kappa shape index (κ3) is 2.61. The van der Waals surface area contributed by atoms with Crippen LogP contribution in [0.5, 0.6) is 0 Å². The lowest BCUT2D eigenvalue weighted by atomic mass is 9.93. The molecule has 1 unspecified atom stereocenters. The van der Waals surface area contributed by atoms with Gasteiger partial charge in [0.05, 0.1) is 6.04 Å². The number of rotatable bonds is 4. The van der Waals surface area contributed by atoms with E-state index in [9.17, 15) is 4.79 Å². The summed E-state index contributed by atoms with van der Waals surface area (Å²) < 4.78 is 0. The zero-order valence-corrected chi connectivity index (χ0v) is 8.75. The van der Waals surface area contributed by atoms with E-state index in [-0.39, 0.29) is 17.9 Å². The lowest BCUT2D eigenvalue weighted by Gasteiger charge is -2.27. The number of nitrogens with one attached hydrogen (secondary N) is 3. The largest absolute Gasteiger partial charge is 0.386 e. The molecule has 0 aliphatic heterocycles. The normalized spacial score (nSPS) is 22.7. The molecule has 15 heavy (non-hydrogen) atoms. The fourth-order valence-corrected chi connectivity index (χ4v) is 1.80. The van der Waals surface area contributed by atoms with E-state index in [0.29, 0.717) is 12.0 Å². The number of amidine groups is 1. The molecule has 0 spiro atoms. The van der Waals surface area contributed by atoms with E-state index in [4.69, 9.17) is 11.1 Å². The minimum atomic E-state index is -0.259. The second-order valence-electron chi connectivity index (χ2n) is 4.52. The van der Waals surface area contributed by atoms with Crippen LogP contribution in [0.25, 0.3) is 0 Å². The molecule has 0 aromatic rings. The molecule has 0 bridgehead atoms. The Morgan fingerprint density at radius 3 is 2.40 bits per heavy atom. The molecule has 0 aromatic carbocycles. The van der Waals surface area contributed by atoms with Crippen LogP contribution in [0.2, 0.25) is 0 Å². The summed E-state index contributed by atoms with van der Waals surface area (Å²) in [6.45, 7) is 0. The summed E-state index contributed by atoms with van der Waals surface area (Å²) >= 11 is 0. The molecule has 0 saturated heterocycles. The zero-order valence-electron chi connectivity index (χ0n) is 8.75. The molecule has 1 atom stereocenters. The Kier molecular flexibility index (Phi) is 2.79. The standard InChI is InChI=1S/C10H18N4O/c11-9(12)8(6-4-5-6)14-10(15)13-7-2-1-3-7/h6-8H,1-5H2,(H3,11,12)(H2,13,14,15). The summed E-state index contributed by atoms with van der Waals surface area (Å²) in [7, 11) is 0. The van der Waals surface area contributed by atoms with Gasteiger partial charge < -0.3 is 16.4 Å². The van der Waals surface area contributed by atoms with Gasteiger partial charge in [0.15, 0.2) is 0 Å². The summed E-state index contributed by atoms with van der Waals surface area (Å²) in [5, 5.41) is 13.1. The molecule has 0 heterocycles. The van der Waals surface area contributed by atoms with Crippen LogP contribution < -0.4 is 16.4 Å². The predicted molar refractivity (Wildman–Crippen MR) is 57.7 cm³/mol. The van der Waals surface area contributed by atoms with Gasteiger partial charge in [0.2, 0.25) is 0 Å². The van der Waals surface area contributed by atoms with Gasteiger partial charge in [0.25, 0.3) is 0 Å². The van der Waals surface area contributed by atoms with E-state index in [1.807, 2.05) is 0 Å². The minimum absolute atomic E-state index is 0.0706. The molecule has 0 radical (unpaired) electrons. The number of carbonyl (C=O) groups is 1. The van der Waals surface area contributed by atoms with Crippen LogP contribution in [0.15, 0.2) is 0 Å². The molecular formula is C10H18N4O. The zero-order chi connectivity index (χ0) is 10.8. The first-order chi connectivity index (χ1) is 7.16. The third-order valence-electron chi connectivity index (χ3n) is 3.16. The highest BCUT2D eigenvalue weighted by molar-refractivity contribution is 5.88. The van der Waals surface area contributed by atoms with E-state index in [0.717, 1.165) is 25.7 Å². The molecule has 0 aromatic heterocycles. The van der Waals surface area contributed by atoms with Crippen molar-refractivity contribution in [1.29, 1.82) is 5.41 Å². The highest BCUT2D eigenvalue weighted by atomic mass is 16.2. The van der Waals surface area contributed by atoms with Crippen LogP contribution in [0.1, 0.15) is 32.1 Å². The van der Waals surface area contributed by atoms with Gasteiger partial charge in [0, 0.05) is 6.04 Å². The minimum Gasteiger partial charge on any atom is -0.386 e. The van der Waals surface area contributed by atoms with Gasteiger partial charge in [-0.05, 0) is 38.0 Å². The Hall–Kier alpha value is -1.26. The van der Waals surface area contributed by atoms with Gasteiger partial charge in [-0.3, -0.25) is 5.41 Å². The highest BCUT2D eigenvalue weighted by Gasteiger charge is 2.34. The van der Waals surface area contributed by atoms with Crippen molar-refractivity contribution in [1.82, 2.24) is 10.6 Å². The summed E-state index contributed by atoms with van der Waals surface area (Å²) in [6, 6.07) is -0.103.